The lowest BCUT2D eigenvalue weighted by Gasteiger charge is -2.12. The molecule has 2 heterocycles. The summed E-state index contributed by atoms with van der Waals surface area (Å²) in [6.07, 6.45) is 2.74. The highest BCUT2D eigenvalue weighted by molar-refractivity contribution is 8.18. The number of nitrogens with zero attached hydrogens (tertiary/aromatic N) is 4. The number of hydrogen-bond acceptors (Lipinski definition) is 8. The first-order valence-electron chi connectivity index (χ1n) is 9.53. The van der Waals surface area contributed by atoms with Crippen LogP contribution in [0.2, 0.25) is 5.02 Å². The Bertz CT molecular complexity index is 1350. The molecule has 1 aliphatic rings. The van der Waals surface area contributed by atoms with Crippen LogP contribution in [0.1, 0.15) is 16.1 Å². The number of carbonyl (C=O) groups excluding carboxylic acids is 3. The second-order valence-electron chi connectivity index (χ2n) is 6.80. The summed E-state index contributed by atoms with van der Waals surface area (Å²) in [5.41, 5.74) is 1.41. The number of nitrogens with one attached hydrogen (secondary N) is 1. The fourth-order valence-electron chi connectivity index (χ4n) is 3.04. The molecule has 12 heteroatoms. The molecule has 1 aliphatic heterocycles. The van der Waals surface area contributed by atoms with Gasteiger partial charge in [0.25, 0.3) is 22.7 Å². The number of para-hydroxylation sites is 2. The van der Waals surface area contributed by atoms with Crippen molar-refractivity contribution in [2.24, 2.45) is 0 Å². The van der Waals surface area contributed by atoms with Gasteiger partial charge in [0.2, 0.25) is 0 Å². The minimum atomic E-state index is -0.631. The Morgan fingerprint density at radius 1 is 1.21 bits per heavy atom. The Kier molecular flexibility index (Phi) is 6.33. The number of nitro groups is 1. The van der Waals surface area contributed by atoms with Gasteiger partial charge in [0.15, 0.2) is 0 Å². The van der Waals surface area contributed by atoms with Gasteiger partial charge in [0.1, 0.15) is 10.7 Å². The van der Waals surface area contributed by atoms with Crippen LogP contribution in [-0.2, 0) is 4.79 Å². The lowest BCUT2D eigenvalue weighted by atomic mass is 10.2. The average Bonchev–Trinajstić information content (AvgIpc) is 3.07. The van der Waals surface area contributed by atoms with E-state index in [4.69, 9.17) is 11.6 Å². The molecule has 2 aromatic carbocycles. The van der Waals surface area contributed by atoms with Gasteiger partial charge in [0.05, 0.1) is 27.1 Å². The zero-order chi connectivity index (χ0) is 23.5. The van der Waals surface area contributed by atoms with E-state index in [0.717, 1.165) is 4.90 Å². The monoisotopic (exact) mass is 483 g/mol. The molecule has 10 nitrogen and oxygen atoms in total. The van der Waals surface area contributed by atoms with Crippen LogP contribution in [0.4, 0.5) is 10.5 Å². The molecule has 4 rings (SSSR count). The van der Waals surface area contributed by atoms with Gasteiger partial charge >= 0.3 is 0 Å². The van der Waals surface area contributed by atoms with E-state index in [1.165, 1.54) is 30.5 Å². The van der Waals surface area contributed by atoms with E-state index in [1.807, 2.05) is 6.07 Å². The average molecular weight is 484 g/mol. The topological polar surface area (TPSA) is 135 Å². The van der Waals surface area contributed by atoms with Crippen LogP contribution in [-0.4, -0.2) is 49.9 Å². The Hall–Kier alpha value is -3.83. The van der Waals surface area contributed by atoms with E-state index in [1.54, 1.807) is 18.2 Å². The van der Waals surface area contributed by atoms with Gasteiger partial charge in [-0.25, -0.2) is 4.98 Å². The van der Waals surface area contributed by atoms with Crippen molar-refractivity contribution in [1.29, 1.82) is 0 Å². The maximum atomic E-state index is 12.6. The summed E-state index contributed by atoms with van der Waals surface area (Å²) in [5, 5.41) is 13.1. The van der Waals surface area contributed by atoms with Crippen molar-refractivity contribution in [3.05, 3.63) is 80.0 Å². The normalized spacial score (nSPS) is 14.8. The number of benzene rings is 2. The Morgan fingerprint density at radius 3 is 2.73 bits per heavy atom. The third kappa shape index (κ3) is 4.83. The van der Waals surface area contributed by atoms with Crippen LogP contribution in [0, 0.1) is 10.1 Å². The number of halogens is 1. The maximum Gasteiger partial charge on any atom is 0.293 e. The minimum Gasteiger partial charge on any atom is -0.349 e. The predicted molar refractivity (Wildman–Crippen MR) is 123 cm³/mol. The van der Waals surface area contributed by atoms with Gasteiger partial charge in [-0.1, -0.05) is 29.8 Å². The highest BCUT2D eigenvalue weighted by Gasteiger charge is 2.34. The third-order valence-corrected chi connectivity index (χ3v) is 5.87. The molecule has 1 saturated heterocycles. The second kappa shape index (κ2) is 9.35. The second-order valence-corrected chi connectivity index (χ2v) is 8.20. The maximum absolute atomic E-state index is 12.6. The number of amides is 3. The number of imide groups is 1. The first-order valence-corrected chi connectivity index (χ1v) is 10.7. The fourth-order valence-corrected chi connectivity index (χ4v) is 4.09. The molecule has 3 aromatic rings. The van der Waals surface area contributed by atoms with Crippen molar-refractivity contribution in [2.75, 3.05) is 13.1 Å². The predicted octanol–water partition coefficient (Wildman–Crippen LogP) is 3.66. The third-order valence-electron chi connectivity index (χ3n) is 4.64. The highest BCUT2D eigenvalue weighted by Crippen LogP contribution is 2.33. The number of fused-ring (bicyclic) bond motifs is 1. The molecule has 1 N–H and O–H groups in total. The molecule has 0 saturated carbocycles. The van der Waals surface area contributed by atoms with E-state index >= 15 is 0 Å². The quantitative estimate of drug-likeness (QED) is 0.319. The van der Waals surface area contributed by atoms with Crippen molar-refractivity contribution >= 4 is 63.2 Å². The first-order chi connectivity index (χ1) is 15.8. The van der Waals surface area contributed by atoms with E-state index in [0.29, 0.717) is 28.4 Å². The SMILES string of the molecule is O=C(NCCN1C(=O)S/C(=C\c2ccc(Cl)c([N+](=O)[O-])c2)C1=O)c1cnc2ccccc2n1. The lowest BCUT2D eigenvalue weighted by Crippen LogP contribution is -2.37. The number of thioether (sulfide) groups is 1. The van der Waals surface area contributed by atoms with Crippen molar-refractivity contribution < 1.29 is 19.3 Å². The number of aromatic nitrogens is 2. The standard InChI is InChI=1S/C21H14ClN5O5S/c22-13-6-5-12(9-17(13)27(31)32)10-18-20(29)26(21(30)33-18)8-7-23-19(28)16-11-24-14-3-1-2-4-15(14)25-16/h1-6,9-11H,7-8H2,(H,23,28)/b18-10-. The first kappa shape index (κ1) is 22.4. The smallest absolute Gasteiger partial charge is 0.293 e. The van der Waals surface area contributed by atoms with Gasteiger partial charge in [-0.3, -0.25) is 34.4 Å². The van der Waals surface area contributed by atoms with E-state index in [2.05, 4.69) is 15.3 Å². The summed E-state index contributed by atoms with van der Waals surface area (Å²) >= 11 is 6.51. The van der Waals surface area contributed by atoms with Crippen molar-refractivity contribution in [1.82, 2.24) is 20.2 Å². The Balaban J connectivity index is 1.40. The largest absolute Gasteiger partial charge is 0.349 e. The molecule has 1 aromatic heterocycles. The lowest BCUT2D eigenvalue weighted by molar-refractivity contribution is -0.384. The summed E-state index contributed by atoms with van der Waals surface area (Å²) in [7, 11) is 0. The van der Waals surface area contributed by atoms with Crippen molar-refractivity contribution in [3.63, 3.8) is 0 Å². The van der Waals surface area contributed by atoms with E-state index < -0.39 is 22.0 Å². The zero-order valence-electron chi connectivity index (χ0n) is 16.7. The molecule has 33 heavy (non-hydrogen) atoms. The molecule has 0 bridgehead atoms. The molecular weight excluding hydrogens is 470 g/mol. The van der Waals surface area contributed by atoms with Crippen LogP contribution in [0.3, 0.4) is 0 Å². The summed E-state index contributed by atoms with van der Waals surface area (Å²) in [4.78, 5) is 57.2. The molecule has 0 aliphatic carbocycles. The van der Waals surface area contributed by atoms with Crippen LogP contribution in [0.5, 0.6) is 0 Å². The summed E-state index contributed by atoms with van der Waals surface area (Å²) < 4.78 is 0. The number of nitro benzene ring substituents is 1. The van der Waals surface area contributed by atoms with E-state index in [-0.39, 0.29) is 34.4 Å². The number of hydrogen-bond donors (Lipinski definition) is 1. The highest BCUT2D eigenvalue weighted by atomic mass is 35.5. The van der Waals surface area contributed by atoms with Crippen molar-refractivity contribution in [2.45, 2.75) is 0 Å². The molecular formula is C21H14ClN5O5S. The van der Waals surface area contributed by atoms with Crippen LogP contribution >= 0.6 is 23.4 Å². The summed E-state index contributed by atoms with van der Waals surface area (Å²) in [6, 6.07) is 11.2. The van der Waals surface area contributed by atoms with Gasteiger partial charge in [-0.2, -0.15) is 0 Å². The molecule has 166 valence electrons. The molecule has 0 unspecified atom stereocenters. The minimum absolute atomic E-state index is 0.0189. The van der Waals surface area contributed by atoms with Gasteiger partial charge in [-0.15, -0.1) is 0 Å². The van der Waals surface area contributed by atoms with E-state index in [9.17, 15) is 24.5 Å². The summed E-state index contributed by atoms with van der Waals surface area (Å²) in [6.45, 7) is -0.0272. The zero-order valence-corrected chi connectivity index (χ0v) is 18.3. The van der Waals surface area contributed by atoms with Crippen LogP contribution in [0.15, 0.2) is 53.6 Å². The Morgan fingerprint density at radius 2 is 1.97 bits per heavy atom. The molecule has 3 amide bonds. The summed E-state index contributed by atoms with van der Waals surface area (Å²) in [5.74, 6) is -1.04. The number of rotatable bonds is 6. The molecule has 0 atom stereocenters. The molecule has 0 spiro atoms. The van der Waals surface area contributed by atoms with Crippen molar-refractivity contribution in [3.8, 4) is 0 Å². The van der Waals surface area contributed by atoms with Gasteiger partial charge in [0, 0.05) is 19.2 Å². The fraction of sp³-hybridized carbons (Fsp3) is 0.0952. The molecule has 0 radical (unpaired) electrons. The van der Waals surface area contributed by atoms with Gasteiger partial charge < -0.3 is 5.32 Å². The molecule has 1 fully saturated rings. The van der Waals surface area contributed by atoms with Crippen LogP contribution < -0.4 is 5.32 Å². The van der Waals surface area contributed by atoms with Gasteiger partial charge in [-0.05, 0) is 41.6 Å². The van der Waals surface area contributed by atoms with Crippen LogP contribution in [0.25, 0.3) is 17.1 Å². The Labute approximate surface area is 195 Å². The number of carbonyl (C=O) groups is 3.